The van der Waals surface area contributed by atoms with Gasteiger partial charge in [-0.15, -0.1) is 11.3 Å². The highest BCUT2D eigenvalue weighted by Crippen LogP contribution is 2.20. The Kier molecular flexibility index (Phi) is 6.91. The minimum atomic E-state index is 0.0967. The van der Waals surface area contributed by atoms with E-state index in [1.54, 1.807) is 23.3 Å². The third-order valence-corrected chi connectivity index (χ3v) is 6.03. The molecule has 0 unspecified atom stereocenters. The van der Waals surface area contributed by atoms with Crippen LogP contribution in [0.15, 0.2) is 36.4 Å². The maximum absolute atomic E-state index is 12.3. The zero-order chi connectivity index (χ0) is 18.4. The highest BCUT2D eigenvalue weighted by molar-refractivity contribution is 7.16. The van der Waals surface area contributed by atoms with Gasteiger partial charge in [0, 0.05) is 12.1 Å². The average Bonchev–Trinajstić information content (AvgIpc) is 3.06. The van der Waals surface area contributed by atoms with Gasteiger partial charge in [-0.05, 0) is 18.2 Å². The van der Waals surface area contributed by atoms with Gasteiger partial charge in [0.05, 0.1) is 16.3 Å². The molecule has 3 rings (SSSR count). The average molecular weight is 396 g/mol. The van der Waals surface area contributed by atoms with E-state index in [1.807, 2.05) is 30.3 Å². The molecule has 26 heavy (non-hydrogen) atoms. The van der Waals surface area contributed by atoms with E-state index in [1.165, 1.54) is 9.78 Å². The fourth-order valence-corrected chi connectivity index (χ4v) is 4.50. The van der Waals surface area contributed by atoms with Gasteiger partial charge in [0.15, 0.2) is 6.54 Å². The lowest BCUT2D eigenvalue weighted by Crippen LogP contribution is -3.28. The number of hydrogen-bond acceptors (Lipinski definition) is 3. The lowest BCUT2D eigenvalue weighted by molar-refractivity contribution is -1.01. The first-order valence-corrected chi connectivity index (χ1v) is 10.1. The summed E-state index contributed by atoms with van der Waals surface area (Å²) in [5.74, 6) is 0.908. The fourth-order valence-electron chi connectivity index (χ4n) is 3.34. The number of hydrogen-bond donors (Lipinski definition) is 3. The van der Waals surface area contributed by atoms with Gasteiger partial charge in [-0.1, -0.05) is 29.8 Å². The minimum absolute atomic E-state index is 0.0967. The van der Waals surface area contributed by atoms with Crippen molar-refractivity contribution in [2.24, 2.45) is 0 Å². The van der Waals surface area contributed by atoms with Crippen molar-refractivity contribution < 1.29 is 19.3 Å². The molecule has 0 saturated carbocycles. The predicted octanol–water partition coefficient (Wildman–Crippen LogP) is 0.00990. The van der Waals surface area contributed by atoms with Crippen molar-refractivity contribution >= 4 is 28.8 Å². The number of carbonyl (C=O) groups is 1. The number of benzene rings is 1. The van der Waals surface area contributed by atoms with E-state index in [4.69, 9.17) is 16.3 Å². The van der Waals surface area contributed by atoms with Crippen LogP contribution in [-0.4, -0.2) is 45.7 Å². The molecule has 0 aliphatic carbocycles. The Bertz CT molecular complexity index is 729. The minimum Gasteiger partial charge on any atom is -0.496 e. The van der Waals surface area contributed by atoms with Gasteiger partial charge in [-0.2, -0.15) is 0 Å². The Morgan fingerprint density at radius 3 is 2.58 bits per heavy atom. The third-order valence-electron chi connectivity index (χ3n) is 4.80. The largest absolute Gasteiger partial charge is 0.496 e. The van der Waals surface area contributed by atoms with Gasteiger partial charge in [0.1, 0.15) is 38.5 Å². The summed E-state index contributed by atoms with van der Waals surface area (Å²) in [6.45, 7) is 6.30. The van der Waals surface area contributed by atoms with Crippen LogP contribution in [0.4, 0.5) is 0 Å². The number of amides is 1. The SMILES string of the molecule is COc1ccccc1CNC(=O)C[NH+]1CC[NH+](Cc2ccc(Cl)s2)CC1. The molecule has 0 radical (unpaired) electrons. The van der Waals surface area contributed by atoms with Crippen LogP contribution in [0.25, 0.3) is 0 Å². The molecule has 5 nitrogen and oxygen atoms in total. The third kappa shape index (κ3) is 5.45. The van der Waals surface area contributed by atoms with E-state index in [0.29, 0.717) is 13.1 Å². The number of rotatable bonds is 7. The van der Waals surface area contributed by atoms with Crippen molar-refractivity contribution in [3.63, 3.8) is 0 Å². The van der Waals surface area contributed by atoms with E-state index in [-0.39, 0.29) is 5.91 Å². The number of para-hydroxylation sites is 1. The Morgan fingerprint density at radius 1 is 1.15 bits per heavy atom. The van der Waals surface area contributed by atoms with E-state index in [0.717, 1.165) is 48.4 Å². The molecule has 7 heteroatoms. The molecule has 1 amide bonds. The summed E-state index contributed by atoms with van der Waals surface area (Å²) < 4.78 is 6.18. The van der Waals surface area contributed by atoms with Gasteiger partial charge in [-0.25, -0.2) is 0 Å². The first-order valence-electron chi connectivity index (χ1n) is 8.94. The summed E-state index contributed by atoms with van der Waals surface area (Å²) in [5, 5.41) is 3.02. The molecule has 0 bridgehead atoms. The van der Waals surface area contributed by atoms with Crippen LogP contribution in [0.2, 0.25) is 4.34 Å². The van der Waals surface area contributed by atoms with Gasteiger partial charge in [-0.3, -0.25) is 4.79 Å². The number of ether oxygens (including phenoxy) is 1. The van der Waals surface area contributed by atoms with Gasteiger partial charge in [0.2, 0.25) is 0 Å². The Morgan fingerprint density at radius 2 is 1.88 bits per heavy atom. The smallest absolute Gasteiger partial charge is 0.275 e. The maximum Gasteiger partial charge on any atom is 0.275 e. The molecule has 140 valence electrons. The number of methoxy groups -OCH3 is 1. The summed E-state index contributed by atoms with van der Waals surface area (Å²) in [4.78, 5) is 16.5. The standard InChI is InChI=1S/C19H24ClN3O2S/c1-25-17-5-3-2-4-15(17)12-21-19(24)14-23-10-8-22(9-11-23)13-16-6-7-18(20)26-16/h2-7H,8-14H2,1H3,(H,21,24)/p+2. The van der Waals surface area contributed by atoms with Gasteiger partial charge in [0.25, 0.3) is 5.91 Å². The number of piperazine rings is 1. The van der Waals surface area contributed by atoms with Crippen molar-refractivity contribution in [2.45, 2.75) is 13.1 Å². The molecule has 1 saturated heterocycles. The Hall–Kier alpha value is -1.60. The predicted molar refractivity (Wildman–Crippen MR) is 104 cm³/mol. The number of quaternary nitrogens is 2. The highest BCUT2D eigenvalue weighted by Gasteiger charge is 2.25. The van der Waals surface area contributed by atoms with Gasteiger partial charge < -0.3 is 19.9 Å². The van der Waals surface area contributed by atoms with Crippen LogP contribution in [-0.2, 0) is 17.9 Å². The van der Waals surface area contributed by atoms with E-state index in [9.17, 15) is 4.79 Å². The second kappa shape index (κ2) is 9.37. The quantitative estimate of drug-likeness (QED) is 0.618. The lowest BCUT2D eigenvalue weighted by Gasteiger charge is -2.29. The van der Waals surface area contributed by atoms with Crippen LogP contribution in [0, 0.1) is 0 Å². The molecular weight excluding hydrogens is 370 g/mol. The van der Waals surface area contributed by atoms with E-state index in [2.05, 4.69) is 11.4 Å². The summed E-state index contributed by atoms with van der Waals surface area (Å²) in [6.07, 6.45) is 0. The molecule has 3 N–H and O–H groups in total. The van der Waals surface area contributed by atoms with Crippen molar-refractivity contribution in [1.29, 1.82) is 0 Å². The first kappa shape index (κ1) is 19.2. The number of halogens is 1. The maximum atomic E-state index is 12.3. The van der Waals surface area contributed by atoms with Crippen molar-refractivity contribution in [3.8, 4) is 5.75 Å². The summed E-state index contributed by atoms with van der Waals surface area (Å²) in [5.41, 5.74) is 1.00. The summed E-state index contributed by atoms with van der Waals surface area (Å²) in [6, 6.07) is 11.9. The molecular formula is C19H26ClN3O2S+2. The second-order valence-corrected chi connectivity index (χ2v) is 8.45. The summed E-state index contributed by atoms with van der Waals surface area (Å²) >= 11 is 7.67. The van der Waals surface area contributed by atoms with Crippen molar-refractivity contribution in [2.75, 3.05) is 39.8 Å². The molecule has 2 aromatic rings. The topological polar surface area (TPSA) is 47.2 Å². The van der Waals surface area contributed by atoms with E-state index < -0.39 is 0 Å². The molecule has 0 atom stereocenters. The Labute approximate surface area is 163 Å². The molecule has 0 spiro atoms. The van der Waals surface area contributed by atoms with Crippen LogP contribution in [0.1, 0.15) is 10.4 Å². The zero-order valence-corrected chi connectivity index (χ0v) is 16.6. The summed E-state index contributed by atoms with van der Waals surface area (Å²) in [7, 11) is 1.65. The van der Waals surface area contributed by atoms with Crippen LogP contribution in [0.5, 0.6) is 5.75 Å². The number of nitrogens with one attached hydrogen (secondary N) is 3. The van der Waals surface area contributed by atoms with Crippen LogP contribution < -0.4 is 19.9 Å². The van der Waals surface area contributed by atoms with Crippen molar-refractivity contribution in [3.05, 3.63) is 51.2 Å². The fraction of sp³-hybridized carbons (Fsp3) is 0.421. The lowest BCUT2D eigenvalue weighted by atomic mass is 10.2. The molecule has 2 heterocycles. The van der Waals surface area contributed by atoms with Gasteiger partial charge >= 0.3 is 0 Å². The first-order chi connectivity index (χ1) is 12.6. The second-order valence-electron chi connectivity index (χ2n) is 6.65. The number of thiophene rings is 1. The number of carbonyl (C=O) groups excluding carboxylic acids is 1. The molecule has 1 aromatic carbocycles. The van der Waals surface area contributed by atoms with Crippen molar-refractivity contribution in [1.82, 2.24) is 5.32 Å². The molecule has 1 aromatic heterocycles. The monoisotopic (exact) mass is 395 g/mol. The van der Waals surface area contributed by atoms with E-state index >= 15 is 0 Å². The van der Waals surface area contributed by atoms with Crippen LogP contribution in [0.3, 0.4) is 0 Å². The normalized spacial score (nSPS) is 19.9. The Balaban J connectivity index is 1.39. The molecule has 1 aliphatic heterocycles. The molecule has 1 fully saturated rings. The molecule has 1 aliphatic rings. The zero-order valence-electron chi connectivity index (χ0n) is 15.0. The van der Waals surface area contributed by atoms with Crippen LogP contribution >= 0.6 is 22.9 Å². The highest BCUT2D eigenvalue weighted by atomic mass is 35.5.